The first-order valence-electron chi connectivity index (χ1n) is 11.9. The number of carbonyl (C=O) groups is 2. The number of rotatable bonds is 6. The molecule has 0 aromatic heterocycles. The summed E-state index contributed by atoms with van der Waals surface area (Å²) in [6.07, 6.45) is -5.02. The van der Waals surface area contributed by atoms with E-state index in [1.54, 1.807) is 37.8 Å². The van der Waals surface area contributed by atoms with E-state index in [1.807, 2.05) is 4.90 Å². The molecule has 1 fully saturated rings. The minimum absolute atomic E-state index is 0.0205. The smallest absolute Gasteiger partial charge is 0.416 e. The number of benzene rings is 2. The number of amides is 2. The van der Waals surface area contributed by atoms with E-state index >= 15 is 0 Å². The quantitative estimate of drug-likeness (QED) is 0.407. The van der Waals surface area contributed by atoms with Crippen molar-refractivity contribution in [3.05, 3.63) is 63.4 Å². The van der Waals surface area contributed by atoms with Crippen LogP contribution in [0.25, 0.3) is 0 Å². The number of carbonyl (C=O) groups excluding carboxylic acids is 2. The third kappa shape index (κ3) is 8.70. The van der Waals surface area contributed by atoms with E-state index in [1.165, 1.54) is 18.2 Å². The summed E-state index contributed by atoms with van der Waals surface area (Å²) >= 11 is 3.16. The van der Waals surface area contributed by atoms with E-state index in [0.29, 0.717) is 36.2 Å². The molecule has 0 atom stereocenters. The maximum Gasteiger partial charge on any atom is 0.416 e. The fraction of sp³-hybridized carbons (Fsp3) is 0.462. The first-order chi connectivity index (χ1) is 17.2. The Kier molecular flexibility index (Phi) is 9.22. The van der Waals surface area contributed by atoms with Crippen LogP contribution in [0, 0.1) is 5.82 Å². The lowest BCUT2D eigenvalue weighted by molar-refractivity contribution is -0.138. The first kappa shape index (κ1) is 28.9. The van der Waals surface area contributed by atoms with Crippen LogP contribution in [-0.2, 0) is 28.7 Å². The molecule has 1 saturated heterocycles. The monoisotopic (exact) mass is 587 g/mol. The molecular formula is C26H30BrF4N3O3. The Morgan fingerprint density at radius 1 is 1.00 bits per heavy atom. The molecule has 0 saturated carbocycles. The van der Waals surface area contributed by atoms with Crippen molar-refractivity contribution >= 4 is 33.6 Å². The lowest BCUT2D eigenvalue weighted by atomic mass is 10.0. The van der Waals surface area contributed by atoms with Crippen molar-refractivity contribution in [3.63, 3.8) is 0 Å². The van der Waals surface area contributed by atoms with Crippen molar-refractivity contribution < 1.29 is 31.9 Å². The molecule has 3 rings (SSSR count). The molecular weight excluding hydrogens is 558 g/mol. The Hall–Kier alpha value is -2.66. The fourth-order valence-corrected chi connectivity index (χ4v) is 4.24. The number of nitrogens with zero attached hydrogens (tertiary/aromatic N) is 2. The highest BCUT2D eigenvalue weighted by molar-refractivity contribution is 9.10. The number of aryl methyl sites for hydroxylation is 1. The first-order valence-corrected chi connectivity index (χ1v) is 12.6. The molecule has 37 heavy (non-hydrogen) atoms. The van der Waals surface area contributed by atoms with E-state index in [4.69, 9.17) is 4.74 Å². The van der Waals surface area contributed by atoms with Gasteiger partial charge in [0.2, 0.25) is 5.91 Å². The highest BCUT2D eigenvalue weighted by Gasteiger charge is 2.35. The lowest BCUT2D eigenvalue weighted by Crippen LogP contribution is -2.49. The fourth-order valence-electron chi connectivity index (χ4n) is 3.91. The van der Waals surface area contributed by atoms with E-state index in [-0.39, 0.29) is 30.6 Å². The minimum Gasteiger partial charge on any atom is -0.444 e. The third-order valence-corrected chi connectivity index (χ3v) is 6.25. The van der Waals surface area contributed by atoms with Crippen LogP contribution in [-0.4, -0.2) is 53.6 Å². The second-order valence-corrected chi connectivity index (χ2v) is 10.8. The summed E-state index contributed by atoms with van der Waals surface area (Å²) in [5.41, 5.74) is -1.02. The molecule has 2 aromatic carbocycles. The molecule has 2 amide bonds. The van der Waals surface area contributed by atoms with Gasteiger partial charge in [-0.2, -0.15) is 13.2 Å². The predicted molar refractivity (Wildman–Crippen MR) is 136 cm³/mol. The number of nitrogens with one attached hydrogen (secondary N) is 1. The molecule has 202 valence electrons. The molecule has 0 aliphatic carbocycles. The van der Waals surface area contributed by atoms with Gasteiger partial charge >= 0.3 is 12.3 Å². The summed E-state index contributed by atoms with van der Waals surface area (Å²) in [4.78, 5) is 27.9. The second kappa shape index (κ2) is 11.8. The number of alkyl halides is 3. The molecule has 6 nitrogen and oxygen atoms in total. The Bertz CT molecular complexity index is 1130. The number of ether oxygens (including phenoxy) is 1. The van der Waals surface area contributed by atoms with Crippen molar-refractivity contribution in [1.82, 2.24) is 9.80 Å². The van der Waals surface area contributed by atoms with Crippen molar-refractivity contribution in [1.29, 1.82) is 0 Å². The third-order valence-electron chi connectivity index (χ3n) is 5.75. The Labute approximate surface area is 222 Å². The van der Waals surface area contributed by atoms with Crippen LogP contribution in [0.2, 0.25) is 0 Å². The minimum atomic E-state index is -4.62. The molecule has 0 bridgehead atoms. The van der Waals surface area contributed by atoms with Gasteiger partial charge < -0.3 is 15.0 Å². The van der Waals surface area contributed by atoms with Gasteiger partial charge in [-0.25, -0.2) is 9.18 Å². The zero-order valence-corrected chi connectivity index (χ0v) is 22.5. The van der Waals surface area contributed by atoms with E-state index in [2.05, 4.69) is 21.2 Å². The second-order valence-electron chi connectivity index (χ2n) is 9.90. The highest BCUT2D eigenvalue weighted by atomic mass is 79.9. The van der Waals surface area contributed by atoms with Gasteiger partial charge in [0, 0.05) is 49.3 Å². The van der Waals surface area contributed by atoms with Crippen LogP contribution < -0.4 is 5.32 Å². The molecule has 0 radical (unpaired) electrons. The zero-order chi connectivity index (χ0) is 27.4. The standard InChI is InChI=1S/C26H30BrF4N3O3/c1-25(2,3)37-24(36)34-12-10-33(11-13-34)16-18-5-8-20(15-21(18)26(29,30)31)32-23(35)9-6-17-4-7-19(27)14-22(17)28/h4-5,7-8,14-15H,6,9-13,16H2,1-3H3,(H,32,35). The molecule has 2 aromatic rings. The van der Waals surface area contributed by atoms with Gasteiger partial charge in [-0.3, -0.25) is 9.69 Å². The number of piperazine rings is 1. The number of hydrogen-bond donors (Lipinski definition) is 1. The largest absolute Gasteiger partial charge is 0.444 e. The van der Waals surface area contributed by atoms with Gasteiger partial charge in [-0.05, 0) is 62.6 Å². The van der Waals surface area contributed by atoms with Gasteiger partial charge in [0.05, 0.1) is 5.56 Å². The predicted octanol–water partition coefficient (Wildman–Crippen LogP) is 6.23. The molecule has 11 heteroatoms. The summed E-state index contributed by atoms with van der Waals surface area (Å²) in [7, 11) is 0. The van der Waals surface area contributed by atoms with Crippen molar-refractivity contribution in [3.8, 4) is 0 Å². The Morgan fingerprint density at radius 2 is 1.65 bits per heavy atom. The average Bonchev–Trinajstić information content (AvgIpc) is 2.78. The van der Waals surface area contributed by atoms with Crippen LogP contribution in [0.15, 0.2) is 40.9 Å². The molecule has 0 unspecified atom stereocenters. The number of anilines is 1. The maximum absolute atomic E-state index is 14.0. The Balaban J connectivity index is 1.61. The number of hydrogen-bond acceptors (Lipinski definition) is 4. The van der Waals surface area contributed by atoms with Crippen LogP contribution in [0.5, 0.6) is 0 Å². The molecule has 1 N–H and O–H groups in total. The highest BCUT2D eigenvalue weighted by Crippen LogP contribution is 2.34. The van der Waals surface area contributed by atoms with E-state index in [0.717, 1.165) is 6.07 Å². The SMILES string of the molecule is CC(C)(C)OC(=O)N1CCN(Cc2ccc(NC(=O)CCc3ccc(Br)cc3F)cc2C(F)(F)F)CC1. The van der Waals surface area contributed by atoms with Crippen LogP contribution in [0.1, 0.15) is 43.9 Å². The van der Waals surface area contributed by atoms with Gasteiger partial charge in [0.1, 0.15) is 11.4 Å². The molecule has 1 aliphatic heterocycles. The zero-order valence-electron chi connectivity index (χ0n) is 20.9. The molecule has 0 spiro atoms. The summed E-state index contributed by atoms with van der Waals surface area (Å²) < 4.78 is 61.4. The van der Waals surface area contributed by atoms with Gasteiger partial charge in [0.25, 0.3) is 0 Å². The van der Waals surface area contributed by atoms with Crippen LogP contribution in [0.4, 0.5) is 28.0 Å². The van der Waals surface area contributed by atoms with E-state index in [9.17, 15) is 27.2 Å². The normalized spacial score (nSPS) is 15.0. The summed E-state index contributed by atoms with van der Waals surface area (Å²) in [6, 6.07) is 8.20. The van der Waals surface area contributed by atoms with Crippen molar-refractivity contribution in [2.75, 3.05) is 31.5 Å². The summed E-state index contributed by atoms with van der Waals surface area (Å²) in [5, 5.41) is 2.48. The van der Waals surface area contributed by atoms with Crippen molar-refractivity contribution in [2.45, 2.75) is 51.9 Å². The topological polar surface area (TPSA) is 61.9 Å². The van der Waals surface area contributed by atoms with Gasteiger partial charge in [0.15, 0.2) is 0 Å². The van der Waals surface area contributed by atoms with Gasteiger partial charge in [-0.15, -0.1) is 0 Å². The molecule has 1 aliphatic rings. The lowest BCUT2D eigenvalue weighted by Gasteiger charge is -2.36. The maximum atomic E-state index is 14.0. The number of halogens is 5. The van der Waals surface area contributed by atoms with Crippen LogP contribution in [0.3, 0.4) is 0 Å². The molecule has 1 heterocycles. The van der Waals surface area contributed by atoms with Crippen LogP contribution >= 0.6 is 15.9 Å². The average molecular weight is 588 g/mol. The Morgan fingerprint density at radius 3 is 2.24 bits per heavy atom. The van der Waals surface area contributed by atoms with Crippen molar-refractivity contribution in [2.24, 2.45) is 0 Å². The van der Waals surface area contributed by atoms with E-state index < -0.39 is 35.2 Å². The van der Waals surface area contributed by atoms with Gasteiger partial charge in [-0.1, -0.05) is 28.1 Å². The summed E-state index contributed by atoms with van der Waals surface area (Å²) in [5.74, 6) is -0.973. The summed E-state index contributed by atoms with van der Waals surface area (Å²) in [6.45, 7) is 6.88.